The predicted octanol–water partition coefficient (Wildman–Crippen LogP) is 2.00. The monoisotopic (exact) mass is 240 g/mol. The van der Waals surface area contributed by atoms with E-state index in [2.05, 4.69) is 11.8 Å². The van der Waals surface area contributed by atoms with Crippen LogP contribution in [0.1, 0.15) is 45.4 Å². The van der Waals surface area contributed by atoms with Crippen LogP contribution in [0.15, 0.2) is 0 Å². The molecule has 100 valence electrons. The molecule has 2 heterocycles. The minimum Gasteiger partial charge on any atom is -0.378 e. The fourth-order valence-electron chi connectivity index (χ4n) is 3.23. The first-order valence-corrected chi connectivity index (χ1v) is 7.35. The summed E-state index contributed by atoms with van der Waals surface area (Å²) in [5.74, 6) is 0.859. The van der Waals surface area contributed by atoms with Crippen molar-refractivity contribution < 1.29 is 4.74 Å². The van der Waals surface area contributed by atoms with Gasteiger partial charge in [0.2, 0.25) is 0 Å². The molecule has 0 radical (unpaired) electrons. The van der Waals surface area contributed by atoms with E-state index in [0.717, 1.165) is 19.1 Å². The van der Waals surface area contributed by atoms with Crippen molar-refractivity contribution >= 4 is 0 Å². The van der Waals surface area contributed by atoms with Gasteiger partial charge in [-0.15, -0.1) is 0 Å². The van der Waals surface area contributed by atoms with Crippen molar-refractivity contribution in [2.45, 2.75) is 57.6 Å². The summed E-state index contributed by atoms with van der Waals surface area (Å²) in [7, 11) is 0. The summed E-state index contributed by atoms with van der Waals surface area (Å²) < 4.78 is 5.67. The van der Waals surface area contributed by atoms with Gasteiger partial charge in [0.1, 0.15) is 0 Å². The summed E-state index contributed by atoms with van der Waals surface area (Å²) in [4.78, 5) is 2.61. The molecule has 0 saturated carbocycles. The lowest BCUT2D eigenvalue weighted by atomic mass is 9.92. The number of rotatable bonds is 5. The van der Waals surface area contributed by atoms with E-state index in [4.69, 9.17) is 10.5 Å². The number of likely N-dealkylation sites (tertiary alicyclic amines) is 1. The molecule has 3 nitrogen and oxygen atoms in total. The quantitative estimate of drug-likeness (QED) is 0.799. The molecule has 2 rings (SSSR count). The average Bonchev–Trinajstić information content (AvgIpc) is 2.84. The molecule has 0 amide bonds. The van der Waals surface area contributed by atoms with Gasteiger partial charge in [-0.2, -0.15) is 0 Å². The summed E-state index contributed by atoms with van der Waals surface area (Å²) in [6.45, 7) is 6.62. The van der Waals surface area contributed by atoms with Gasteiger partial charge in [-0.1, -0.05) is 6.92 Å². The molecular weight excluding hydrogens is 212 g/mol. The van der Waals surface area contributed by atoms with E-state index in [1.54, 1.807) is 0 Å². The average molecular weight is 240 g/mol. The van der Waals surface area contributed by atoms with Crippen LogP contribution in [-0.2, 0) is 4.74 Å². The molecule has 2 aliphatic heterocycles. The van der Waals surface area contributed by atoms with Gasteiger partial charge in [0.05, 0.1) is 6.10 Å². The first-order valence-electron chi connectivity index (χ1n) is 7.35. The number of nitrogens with two attached hydrogens (primary N) is 1. The maximum absolute atomic E-state index is 5.88. The minimum absolute atomic E-state index is 0.551. The largest absolute Gasteiger partial charge is 0.378 e. The number of hydrogen-bond donors (Lipinski definition) is 1. The molecule has 0 bridgehead atoms. The zero-order chi connectivity index (χ0) is 12.1. The number of ether oxygens (including phenoxy) is 1. The molecule has 3 heteroatoms. The third-order valence-corrected chi connectivity index (χ3v) is 4.37. The van der Waals surface area contributed by atoms with Crippen molar-refractivity contribution in [2.75, 3.05) is 26.2 Å². The molecule has 0 aromatic rings. The molecule has 3 unspecified atom stereocenters. The van der Waals surface area contributed by atoms with Crippen LogP contribution in [0.4, 0.5) is 0 Å². The lowest BCUT2D eigenvalue weighted by Crippen LogP contribution is -2.46. The Morgan fingerprint density at radius 3 is 2.94 bits per heavy atom. The Hall–Kier alpha value is -0.120. The lowest BCUT2D eigenvalue weighted by Gasteiger charge is -2.38. The first-order chi connectivity index (χ1) is 8.29. The van der Waals surface area contributed by atoms with Crippen LogP contribution < -0.4 is 5.73 Å². The molecule has 2 N–H and O–H groups in total. The smallest absolute Gasteiger partial charge is 0.0576 e. The van der Waals surface area contributed by atoms with Gasteiger partial charge in [0.15, 0.2) is 0 Å². The molecular formula is C14H28N2O. The SMILES string of the molecule is CC1CCN(CCCC2CCCO2)C(CN)C1. The maximum atomic E-state index is 5.88. The summed E-state index contributed by atoms with van der Waals surface area (Å²) in [5.41, 5.74) is 5.88. The Morgan fingerprint density at radius 2 is 2.24 bits per heavy atom. The molecule has 2 aliphatic rings. The van der Waals surface area contributed by atoms with E-state index in [1.807, 2.05) is 0 Å². The molecule has 2 fully saturated rings. The highest BCUT2D eigenvalue weighted by Gasteiger charge is 2.25. The number of hydrogen-bond acceptors (Lipinski definition) is 3. The predicted molar refractivity (Wildman–Crippen MR) is 71.0 cm³/mol. The second kappa shape index (κ2) is 6.72. The molecule has 0 aromatic heterocycles. The highest BCUT2D eigenvalue weighted by atomic mass is 16.5. The van der Waals surface area contributed by atoms with Crippen molar-refractivity contribution in [1.29, 1.82) is 0 Å². The first kappa shape index (κ1) is 13.3. The second-order valence-electron chi connectivity index (χ2n) is 5.83. The van der Waals surface area contributed by atoms with Crippen LogP contribution in [0.2, 0.25) is 0 Å². The third kappa shape index (κ3) is 3.94. The van der Waals surface area contributed by atoms with E-state index < -0.39 is 0 Å². The van der Waals surface area contributed by atoms with Crippen LogP contribution in [0.25, 0.3) is 0 Å². The summed E-state index contributed by atoms with van der Waals surface area (Å²) in [6, 6.07) is 0.628. The normalized spacial score (nSPS) is 35.3. The van der Waals surface area contributed by atoms with E-state index in [0.29, 0.717) is 12.1 Å². The van der Waals surface area contributed by atoms with Gasteiger partial charge in [0, 0.05) is 19.2 Å². The van der Waals surface area contributed by atoms with Crippen molar-refractivity contribution in [3.8, 4) is 0 Å². The van der Waals surface area contributed by atoms with Crippen molar-refractivity contribution in [1.82, 2.24) is 4.90 Å². The summed E-state index contributed by atoms with van der Waals surface area (Å²) in [5, 5.41) is 0. The van der Waals surface area contributed by atoms with Gasteiger partial charge in [-0.3, -0.25) is 4.90 Å². The second-order valence-corrected chi connectivity index (χ2v) is 5.83. The Kier molecular flexibility index (Phi) is 5.26. The van der Waals surface area contributed by atoms with Gasteiger partial charge in [-0.25, -0.2) is 0 Å². The van der Waals surface area contributed by atoms with Crippen LogP contribution in [0.5, 0.6) is 0 Å². The van der Waals surface area contributed by atoms with Crippen molar-refractivity contribution in [2.24, 2.45) is 11.7 Å². The van der Waals surface area contributed by atoms with Crippen LogP contribution in [-0.4, -0.2) is 43.3 Å². The van der Waals surface area contributed by atoms with Crippen molar-refractivity contribution in [3.63, 3.8) is 0 Å². The maximum Gasteiger partial charge on any atom is 0.0576 e. The molecule has 3 atom stereocenters. The molecule has 17 heavy (non-hydrogen) atoms. The van der Waals surface area contributed by atoms with Crippen LogP contribution in [0, 0.1) is 5.92 Å². The van der Waals surface area contributed by atoms with Crippen LogP contribution >= 0.6 is 0 Å². The van der Waals surface area contributed by atoms with E-state index >= 15 is 0 Å². The topological polar surface area (TPSA) is 38.5 Å². The standard InChI is InChI=1S/C14H28N2O/c1-12-6-8-16(13(10-12)11-15)7-2-4-14-5-3-9-17-14/h12-14H,2-11,15H2,1H3. The van der Waals surface area contributed by atoms with Crippen LogP contribution in [0.3, 0.4) is 0 Å². The zero-order valence-electron chi connectivity index (χ0n) is 11.2. The Bertz CT molecular complexity index is 216. The Balaban J connectivity index is 1.66. The van der Waals surface area contributed by atoms with E-state index in [-0.39, 0.29) is 0 Å². The molecule has 2 saturated heterocycles. The molecule has 0 spiro atoms. The highest BCUT2D eigenvalue weighted by Crippen LogP contribution is 2.23. The summed E-state index contributed by atoms with van der Waals surface area (Å²) in [6.07, 6.45) is 8.23. The Morgan fingerprint density at radius 1 is 1.35 bits per heavy atom. The highest BCUT2D eigenvalue weighted by molar-refractivity contribution is 4.81. The lowest BCUT2D eigenvalue weighted by molar-refractivity contribution is 0.0861. The van der Waals surface area contributed by atoms with Gasteiger partial charge in [0.25, 0.3) is 0 Å². The fraction of sp³-hybridized carbons (Fsp3) is 1.00. The number of piperidine rings is 1. The zero-order valence-corrected chi connectivity index (χ0v) is 11.2. The minimum atomic E-state index is 0.551. The van der Waals surface area contributed by atoms with Gasteiger partial charge < -0.3 is 10.5 Å². The fourth-order valence-corrected chi connectivity index (χ4v) is 3.23. The molecule has 0 aliphatic carbocycles. The third-order valence-electron chi connectivity index (χ3n) is 4.37. The van der Waals surface area contributed by atoms with E-state index in [1.165, 1.54) is 51.6 Å². The van der Waals surface area contributed by atoms with Gasteiger partial charge in [-0.05, 0) is 57.5 Å². The van der Waals surface area contributed by atoms with Gasteiger partial charge >= 0.3 is 0 Å². The number of nitrogens with zero attached hydrogens (tertiary/aromatic N) is 1. The van der Waals surface area contributed by atoms with E-state index in [9.17, 15) is 0 Å². The summed E-state index contributed by atoms with van der Waals surface area (Å²) >= 11 is 0. The Labute approximate surface area is 106 Å². The molecule has 0 aromatic carbocycles. The van der Waals surface area contributed by atoms with Crippen molar-refractivity contribution in [3.05, 3.63) is 0 Å².